The van der Waals surface area contributed by atoms with Crippen LogP contribution >= 0.6 is 0 Å². The number of nitrogens with zero attached hydrogens (tertiary/aromatic N) is 1. The minimum atomic E-state index is -1.45. The third-order valence-corrected chi connectivity index (χ3v) is 3.02. The molecule has 0 bridgehead atoms. The van der Waals surface area contributed by atoms with Gasteiger partial charge < -0.3 is 0 Å². The second kappa shape index (κ2) is 5.73. The number of imide groups is 1. The fourth-order valence-electron chi connectivity index (χ4n) is 2.02. The normalized spacial score (nSPS) is 15.2. The van der Waals surface area contributed by atoms with Crippen LogP contribution in [0.1, 0.15) is 33.6 Å². The van der Waals surface area contributed by atoms with Crippen molar-refractivity contribution in [2.75, 3.05) is 6.54 Å². The lowest BCUT2D eigenvalue weighted by atomic mass is 10.1. The minimum absolute atomic E-state index is 0.0219. The lowest BCUT2D eigenvalue weighted by Crippen LogP contribution is -2.30. The van der Waals surface area contributed by atoms with Gasteiger partial charge in [-0.1, -0.05) is 12.1 Å². The highest BCUT2D eigenvalue weighted by Gasteiger charge is 2.34. The summed E-state index contributed by atoms with van der Waals surface area (Å²) >= 11 is 0. The second-order valence-electron chi connectivity index (χ2n) is 4.28. The maximum absolute atomic E-state index is 13.0. The van der Waals surface area contributed by atoms with E-state index in [4.69, 9.17) is 0 Å². The van der Waals surface area contributed by atoms with Crippen molar-refractivity contribution in [1.29, 1.82) is 0 Å². The van der Waals surface area contributed by atoms with Crippen molar-refractivity contribution >= 4 is 18.1 Å². The van der Waals surface area contributed by atoms with Crippen LogP contribution in [0.2, 0.25) is 0 Å². The summed E-state index contributed by atoms with van der Waals surface area (Å²) in [6.45, 7) is -0.0219. The molecule has 1 aromatic rings. The number of carbonyl (C=O) groups excluding carboxylic acids is 3. The van der Waals surface area contributed by atoms with Crippen LogP contribution in [0.5, 0.6) is 0 Å². The molecular formula is C14H11F2NO3. The van der Waals surface area contributed by atoms with E-state index in [0.29, 0.717) is 11.1 Å². The van der Waals surface area contributed by atoms with Gasteiger partial charge in [0.1, 0.15) is 5.83 Å². The van der Waals surface area contributed by atoms with Gasteiger partial charge in [0, 0.05) is 13.0 Å². The van der Waals surface area contributed by atoms with Crippen molar-refractivity contribution < 1.29 is 23.2 Å². The number of halogens is 2. The Hall–Kier alpha value is -2.37. The molecule has 0 unspecified atom stereocenters. The quantitative estimate of drug-likeness (QED) is 0.472. The molecule has 0 aromatic heterocycles. The number of rotatable bonds is 5. The van der Waals surface area contributed by atoms with Gasteiger partial charge in [0.25, 0.3) is 11.8 Å². The van der Waals surface area contributed by atoms with Crippen molar-refractivity contribution in [2.45, 2.75) is 12.8 Å². The summed E-state index contributed by atoms with van der Waals surface area (Å²) in [5, 5.41) is 0. The molecule has 1 aromatic carbocycles. The van der Waals surface area contributed by atoms with Crippen LogP contribution in [0.15, 0.2) is 35.9 Å². The Morgan fingerprint density at radius 3 is 2.15 bits per heavy atom. The Morgan fingerprint density at radius 1 is 1.10 bits per heavy atom. The zero-order chi connectivity index (χ0) is 14.7. The van der Waals surface area contributed by atoms with E-state index in [9.17, 15) is 23.2 Å². The second-order valence-corrected chi connectivity index (χ2v) is 4.28. The number of fused-ring (bicyclic) bond motifs is 1. The van der Waals surface area contributed by atoms with Gasteiger partial charge in [-0.2, -0.15) is 0 Å². The summed E-state index contributed by atoms with van der Waals surface area (Å²) in [6.07, 6.45) is -0.492. The van der Waals surface area contributed by atoms with Gasteiger partial charge in [-0.05, 0) is 18.6 Å². The first kappa shape index (κ1) is 14.0. The smallest absolute Gasteiger partial charge is 0.261 e. The molecule has 4 nitrogen and oxygen atoms in total. The molecule has 0 aliphatic carbocycles. The Morgan fingerprint density at radius 2 is 1.65 bits per heavy atom. The first-order chi connectivity index (χ1) is 9.56. The molecule has 0 saturated heterocycles. The molecule has 1 aliphatic heterocycles. The molecule has 0 fully saturated rings. The van der Waals surface area contributed by atoms with Crippen LogP contribution in [0, 0.1) is 0 Å². The summed E-state index contributed by atoms with van der Waals surface area (Å²) in [6, 6.07) is 6.38. The lowest BCUT2D eigenvalue weighted by Gasteiger charge is -2.12. The average molecular weight is 279 g/mol. The van der Waals surface area contributed by atoms with E-state index in [1.54, 1.807) is 24.3 Å². The zero-order valence-electron chi connectivity index (χ0n) is 10.4. The van der Waals surface area contributed by atoms with E-state index >= 15 is 0 Å². The number of amides is 2. The van der Waals surface area contributed by atoms with Gasteiger partial charge >= 0.3 is 0 Å². The highest BCUT2D eigenvalue weighted by atomic mass is 19.2. The lowest BCUT2D eigenvalue weighted by molar-refractivity contribution is -0.106. The first-order valence-electron chi connectivity index (χ1n) is 6.00. The van der Waals surface area contributed by atoms with E-state index in [1.165, 1.54) is 0 Å². The predicted molar refractivity (Wildman–Crippen MR) is 66.3 cm³/mol. The molecule has 6 heteroatoms. The molecule has 0 atom stereocenters. The molecule has 0 N–H and O–H groups in total. The first-order valence-corrected chi connectivity index (χ1v) is 6.00. The van der Waals surface area contributed by atoms with E-state index in [2.05, 4.69) is 0 Å². The summed E-state index contributed by atoms with van der Waals surface area (Å²) in [5.41, 5.74) is 0.625. The van der Waals surface area contributed by atoms with Gasteiger partial charge in [0.15, 0.2) is 12.1 Å². The van der Waals surface area contributed by atoms with E-state index < -0.39 is 23.5 Å². The van der Waals surface area contributed by atoms with Crippen molar-refractivity contribution in [2.24, 2.45) is 0 Å². The number of hydrogen-bond acceptors (Lipinski definition) is 3. The highest BCUT2D eigenvalue weighted by molar-refractivity contribution is 6.21. The van der Waals surface area contributed by atoms with Gasteiger partial charge in [-0.25, -0.2) is 8.78 Å². The van der Waals surface area contributed by atoms with Crippen molar-refractivity contribution in [3.63, 3.8) is 0 Å². The topological polar surface area (TPSA) is 54.5 Å². The van der Waals surface area contributed by atoms with Gasteiger partial charge in [0.2, 0.25) is 0 Å². The standard InChI is InChI=1S/C14H11F2NO3/c15-11(12(16)8-18)6-3-7-17-13(19)9-4-1-2-5-10(9)14(17)20/h1-2,4-5,8H,3,6-7H2. The maximum atomic E-state index is 13.0. The van der Waals surface area contributed by atoms with E-state index in [0.717, 1.165) is 4.90 Å². The van der Waals surface area contributed by atoms with Crippen LogP contribution < -0.4 is 0 Å². The van der Waals surface area contributed by atoms with Crippen LogP contribution in [-0.4, -0.2) is 29.5 Å². The molecular weight excluding hydrogens is 268 g/mol. The van der Waals surface area contributed by atoms with Crippen LogP contribution in [0.25, 0.3) is 0 Å². The van der Waals surface area contributed by atoms with Crippen LogP contribution in [-0.2, 0) is 4.79 Å². The van der Waals surface area contributed by atoms with Gasteiger partial charge in [-0.15, -0.1) is 0 Å². The number of allylic oxidation sites excluding steroid dienone is 2. The van der Waals surface area contributed by atoms with Crippen LogP contribution in [0.3, 0.4) is 0 Å². The van der Waals surface area contributed by atoms with Crippen molar-refractivity contribution in [3.8, 4) is 0 Å². The molecule has 2 amide bonds. The summed E-state index contributed by atoms with van der Waals surface area (Å²) in [5.74, 6) is -3.50. The Balaban J connectivity index is 2.01. The summed E-state index contributed by atoms with van der Waals surface area (Å²) < 4.78 is 25.6. The van der Waals surface area contributed by atoms with Gasteiger partial charge in [-0.3, -0.25) is 19.3 Å². The van der Waals surface area contributed by atoms with Crippen molar-refractivity contribution in [3.05, 3.63) is 47.0 Å². The molecule has 0 spiro atoms. The van der Waals surface area contributed by atoms with Gasteiger partial charge in [0.05, 0.1) is 11.1 Å². The molecule has 20 heavy (non-hydrogen) atoms. The SMILES string of the molecule is O=CC(F)=C(F)CCCN1C(=O)c2ccccc2C1=O. The molecule has 2 rings (SSSR count). The van der Waals surface area contributed by atoms with E-state index in [-0.39, 0.29) is 25.7 Å². The molecule has 0 radical (unpaired) electrons. The molecule has 1 aliphatic rings. The predicted octanol–water partition coefficient (Wildman–Crippen LogP) is 2.41. The number of aldehydes is 1. The van der Waals surface area contributed by atoms with Crippen LogP contribution in [0.4, 0.5) is 8.78 Å². The summed E-state index contributed by atoms with van der Waals surface area (Å²) in [4.78, 5) is 34.9. The Bertz CT molecular complexity index is 575. The largest absolute Gasteiger partial charge is 0.295 e. The maximum Gasteiger partial charge on any atom is 0.261 e. The Labute approximate surface area is 113 Å². The number of benzene rings is 1. The summed E-state index contributed by atoms with van der Waals surface area (Å²) in [7, 11) is 0. The zero-order valence-corrected chi connectivity index (χ0v) is 10.4. The molecule has 1 heterocycles. The number of hydrogen-bond donors (Lipinski definition) is 0. The highest BCUT2D eigenvalue weighted by Crippen LogP contribution is 2.23. The average Bonchev–Trinajstić information content (AvgIpc) is 2.71. The van der Waals surface area contributed by atoms with E-state index in [1.807, 2.05) is 0 Å². The van der Waals surface area contributed by atoms with Crippen molar-refractivity contribution in [1.82, 2.24) is 4.90 Å². The minimum Gasteiger partial charge on any atom is -0.295 e. The molecule has 0 saturated carbocycles. The Kier molecular flexibility index (Phi) is 4.02. The molecule has 104 valence electrons. The third kappa shape index (κ3) is 2.49. The fourth-order valence-corrected chi connectivity index (χ4v) is 2.02. The fraction of sp³-hybridized carbons (Fsp3) is 0.214. The monoisotopic (exact) mass is 279 g/mol. The third-order valence-electron chi connectivity index (χ3n) is 3.02. The number of carbonyl (C=O) groups is 3.